The molecule has 74 heavy (non-hydrogen) atoms. The summed E-state index contributed by atoms with van der Waals surface area (Å²) in [7, 11) is 0. The molecule has 0 bridgehead atoms. The molecule has 13 aromatic rings. The first kappa shape index (κ1) is 45.0. The Balaban J connectivity index is 1.07. The van der Waals surface area contributed by atoms with Crippen LogP contribution in [0.1, 0.15) is 44.5 Å². The van der Waals surface area contributed by atoms with E-state index in [0.717, 1.165) is 122 Å². The fraction of sp³-hybridized carbons (Fsp3) is 0.114. The zero-order valence-electron chi connectivity index (χ0n) is 43.2. The Morgan fingerprint density at radius 1 is 0.270 bits per heavy atom. The molecule has 0 radical (unpaired) electrons. The van der Waals surface area contributed by atoms with Crippen molar-refractivity contribution < 1.29 is 8.83 Å². The van der Waals surface area contributed by atoms with Gasteiger partial charge in [0.25, 0.3) is 0 Å². The Hall–Kier alpha value is -8.86. The average Bonchev–Trinajstić information content (AvgIpc) is 3.92. The molecule has 0 amide bonds. The van der Waals surface area contributed by atoms with E-state index < -0.39 is 0 Å². The van der Waals surface area contributed by atoms with Crippen LogP contribution in [-0.2, 0) is 0 Å². The molecule has 11 aromatic carbocycles. The smallest absolute Gasteiger partial charge is 0.179 e. The number of hydrogen-bond acceptors (Lipinski definition) is 4. The number of aryl methyl sites for hydroxylation is 8. The third-order valence-electron chi connectivity index (χ3n) is 14.7. The van der Waals surface area contributed by atoms with Crippen LogP contribution >= 0.6 is 0 Å². The molecule has 0 atom stereocenters. The van der Waals surface area contributed by atoms with Crippen molar-refractivity contribution in [2.24, 2.45) is 0 Å². The van der Waals surface area contributed by atoms with E-state index >= 15 is 0 Å². The van der Waals surface area contributed by atoms with E-state index in [1.54, 1.807) is 0 Å². The Labute approximate surface area is 432 Å². The van der Waals surface area contributed by atoms with Gasteiger partial charge >= 0.3 is 0 Å². The van der Waals surface area contributed by atoms with Crippen LogP contribution in [0.25, 0.3) is 87.7 Å². The van der Waals surface area contributed by atoms with E-state index in [4.69, 9.17) is 8.83 Å². The first-order valence-corrected chi connectivity index (χ1v) is 25.7. The highest BCUT2D eigenvalue weighted by molar-refractivity contribution is 6.31. The zero-order chi connectivity index (χ0) is 50.5. The number of rotatable bonds is 8. The lowest BCUT2D eigenvalue weighted by Gasteiger charge is -2.27. The van der Waals surface area contributed by atoms with Gasteiger partial charge in [-0.1, -0.05) is 97.1 Å². The zero-order valence-corrected chi connectivity index (χ0v) is 43.2. The van der Waals surface area contributed by atoms with E-state index in [1.165, 1.54) is 44.5 Å². The summed E-state index contributed by atoms with van der Waals surface area (Å²) >= 11 is 0. The largest absolute Gasteiger partial charge is 0.452 e. The minimum Gasteiger partial charge on any atom is -0.452 e. The average molecular weight is 957 g/mol. The monoisotopic (exact) mass is 956 g/mol. The number of furan rings is 2. The predicted octanol–water partition coefficient (Wildman–Crippen LogP) is 20.5. The van der Waals surface area contributed by atoms with Gasteiger partial charge in [0.05, 0.1) is 0 Å². The summed E-state index contributed by atoms with van der Waals surface area (Å²) in [6.07, 6.45) is 0. The number of anilines is 6. The van der Waals surface area contributed by atoms with Crippen molar-refractivity contribution in [2.45, 2.75) is 55.4 Å². The van der Waals surface area contributed by atoms with Crippen molar-refractivity contribution >= 4 is 99.5 Å². The normalized spacial score (nSPS) is 11.8. The molecule has 2 aromatic heterocycles. The maximum Gasteiger partial charge on any atom is 0.179 e. The molecule has 0 saturated heterocycles. The minimum atomic E-state index is 0.743. The van der Waals surface area contributed by atoms with Crippen LogP contribution in [0.4, 0.5) is 34.1 Å². The van der Waals surface area contributed by atoms with E-state index in [0.29, 0.717) is 0 Å². The van der Waals surface area contributed by atoms with Gasteiger partial charge in [-0.15, -0.1) is 0 Å². The highest BCUT2D eigenvalue weighted by atomic mass is 16.4. The van der Waals surface area contributed by atoms with Crippen LogP contribution in [0.2, 0.25) is 0 Å². The second kappa shape index (κ2) is 17.4. The van der Waals surface area contributed by atoms with Crippen molar-refractivity contribution in [1.29, 1.82) is 0 Å². The van der Waals surface area contributed by atoms with Crippen molar-refractivity contribution in [1.82, 2.24) is 0 Å². The molecule has 0 aliphatic heterocycles. The Morgan fingerprint density at radius 3 is 0.892 bits per heavy atom. The van der Waals surface area contributed by atoms with Gasteiger partial charge in [0.1, 0.15) is 11.2 Å². The summed E-state index contributed by atoms with van der Waals surface area (Å²) in [4.78, 5) is 4.77. The maximum absolute atomic E-state index is 7.26. The molecule has 13 rings (SSSR count). The van der Waals surface area contributed by atoms with E-state index in [2.05, 4.69) is 259 Å². The highest BCUT2D eigenvalue weighted by Crippen LogP contribution is 2.52. The lowest BCUT2D eigenvalue weighted by atomic mass is 9.87. The number of benzene rings is 11. The summed E-state index contributed by atoms with van der Waals surface area (Å²) in [5, 5.41) is 8.63. The third kappa shape index (κ3) is 7.77. The van der Waals surface area contributed by atoms with Crippen molar-refractivity contribution in [3.05, 3.63) is 239 Å². The van der Waals surface area contributed by atoms with Crippen molar-refractivity contribution in [3.8, 4) is 22.3 Å². The number of hydrogen-bond donors (Lipinski definition) is 0. The standard InChI is InChI=1S/C70H56N2O2/c1-41-23-42(2)28-57(27-41)71(58-29-43(3)24-44(4)30-58)55-21-19-51-37-61-63(39-53(51)35-55)73-69-67(61)65(49-15-11-9-12-16-49)66(50-17-13-10-14-18-50)68-62-38-52-20-22-56(36-54(52)40-64(62)74-70(68)69)72(59-31-45(5)25-46(6)32-59)60-33-47(7)26-48(8)34-60/h9-40H,1-8H3. The predicted molar refractivity (Wildman–Crippen MR) is 314 cm³/mol. The second-order valence-corrected chi connectivity index (χ2v) is 20.9. The molecule has 0 aliphatic rings. The lowest BCUT2D eigenvalue weighted by Crippen LogP contribution is -2.11. The molecule has 4 heteroatoms. The van der Waals surface area contributed by atoms with Gasteiger partial charge in [0.15, 0.2) is 11.2 Å². The van der Waals surface area contributed by atoms with Crippen LogP contribution in [0.15, 0.2) is 203 Å². The Bertz CT molecular complexity index is 3940. The second-order valence-electron chi connectivity index (χ2n) is 20.9. The van der Waals surface area contributed by atoms with Crippen LogP contribution in [0.3, 0.4) is 0 Å². The van der Waals surface area contributed by atoms with E-state index in [9.17, 15) is 0 Å². The van der Waals surface area contributed by atoms with Gasteiger partial charge in [0.2, 0.25) is 0 Å². The first-order valence-electron chi connectivity index (χ1n) is 25.7. The molecule has 358 valence electrons. The number of nitrogens with zero attached hydrogens (tertiary/aromatic N) is 2. The quantitative estimate of drug-likeness (QED) is 0.152. The van der Waals surface area contributed by atoms with E-state index in [1.807, 2.05) is 0 Å². The fourth-order valence-corrected chi connectivity index (χ4v) is 12.0. The van der Waals surface area contributed by atoms with Crippen LogP contribution in [-0.4, -0.2) is 0 Å². The van der Waals surface area contributed by atoms with Crippen molar-refractivity contribution in [3.63, 3.8) is 0 Å². The summed E-state index contributed by atoms with van der Waals surface area (Å²) in [6, 6.07) is 71.6. The number of fused-ring (bicyclic) bond motifs is 9. The topological polar surface area (TPSA) is 32.8 Å². The summed E-state index contributed by atoms with van der Waals surface area (Å²) < 4.78 is 14.5. The highest BCUT2D eigenvalue weighted by Gasteiger charge is 2.28. The van der Waals surface area contributed by atoms with Crippen LogP contribution < -0.4 is 9.80 Å². The molecule has 0 saturated carbocycles. The molecule has 0 fully saturated rings. The Kier molecular flexibility index (Phi) is 10.6. The molecule has 0 aliphatic carbocycles. The molecular weight excluding hydrogens is 901 g/mol. The SMILES string of the molecule is Cc1cc(C)cc(N(c2cc(C)cc(C)c2)c2ccc3cc4c(cc3c2)oc2c3oc5cc6cc(N(c7cc(C)cc(C)c7)c7cc(C)cc(C)c7)ccc6cc5c3c(-c3ccccc3)c(-c3ccccc3)c42)c1. The van der Waals surface area contributed by atoms with Gasteiger partial charge in [0, 0.05) is 66.8 Å². The van der Waals surface area contributed by atoms with Gasteiger partial charge in [-0.3, -0.25) is 0 Å². The van der Waals surface area contributed by atoms with Crippen molar-refractivity contribution in [2.75, 3.05) is 9.80 Å². The molecule has 0 N–H and O–H groups in total. The van der Waals surface area contributed by atoms with Crippen LogP contribution in [0.5, 0.6) is 0 Å². The van der Waals surface area contributed by atoms with Crippen LogP contribution in [0, 0.1) is 55.4 Å². The molecule has 0 unspecified atom stereocenters. The Morgan fingerprint density at radius 2 is 0.581 bits per heavy atom. The minimum absolute atomic E-state index is 0.743. The molecule has 2 heterocycles. The molecular formula is C70H56N2O2. The van der Waals surface area contributed by atoms with E-state index in [-0.39, 0.29) is 0 Å². The molecule has 4 nitrogen and oxygen atoms in total. The summed E-state index contributed by atoms with van der Waals surface area (Å²) in [5.74, 6) is 0. The third-order valence-corrected chi connectivity index (χ3v) is 14.7. The first-order chi connectivity index (χ1) is 35.9. The van der Waals surface area contributed by atoms with Gasteiger partial charge in [-0.2, -0.15) is 0 Å². The van der Waals surface area contributed by atoms with Gasteiger partial charge in [-0.05, 0) is 230 Å². The summed E-state index contributed by atoms with van der Waals surface area (Å²) in [6.45, 7) is 17.4. The molecule has 0 spiro atoms. The summed E-state index contributed by atoms with van der Waals surface area (Å²) in [5.41, 5.74) is 24.1. The maximum atomic E-state index is 7.26. The van der Waals surface area contributed by atoms with Gasteiger partial charge < -0.3 is 18.6 Å². The van der Waals surface area contributed by atoms with Gasteiger partial charge in [-0.25, -0.2) is 0 Å². The lowest BCUT2D eigenvalue weighted by molar-refractivity contribution is 0.634. The fourth-order valence-electron chi connectivity index (χ4n) is 12.0.